The number of carboxylic acid groups (broad SMARTS) is 1. The zero-order chi connectivity index (χ0) is 19.2. The van der Waals surface area contributed by atoms with Crippen LogP contribution in [0, 0.1) is 0 Å². The van der Waals surface area contributed by atoms with Gasteiger partial charge in [0.2, 0.25) is 0 Å². The van der Waals surface area contributed by atoms with E-state index in [-0.39, 0.29) is 5.97 Å². The first-order valence-electron chi connectivity index (χ1n) is 10.4. The first-order chi connectivity index (χ1) is 12.1. The molecule has 0 aromatic heterocycles. The van der Waals surface area contributed by atoms with Gasteiger partial charge in [0.1, 0.15) is 0 Å². The average Bonchev–Trinajstić information content (AvgIpc) is 2.60. The smallest absolute Gasteiger partial charge is 0.305 e. The van der Waals surface area contributed by atoms with Crippen LogP contribution >= 0.6 is 0 Å². The second kappa shape index (κ2) is 22.9. The van der Waals surface area contributed by atoms with Crippen molar-refractivity contribution in [3.63, 3.8) is 0 Å². The number of ether oxygens (including phenoxy) is 1. The number of hydrogen-bond donors (Lipinski definition) is 1. The largest absolute Gasteiger partial charge is 0.481 e. The highest BCUT2D eigenvalue weighted by molar-refractivity contribution is 5.68. The van der Waals surface area contributed by atoms with E-state index in [9.17, 15) is 9.59 Å². The van der Waals surface area contributed by atoms with Crippen LogP contribution in [-0.4, -0.2) is 24.2 Å². The standard InChI is InChI=1S/C11H22O2.C10H20O2/c1-3-4-5-6-7-8-9-10-11(12)13-2;1-2-3-4-5-6-7-8-9-10(11)12/h3-10H2,1-2H3;2-9H2,1H3,(H,11,12). The number of methoxy groups -OCH3 is 1. The summed E-state index contributed by atoms with van der Waals surface area (Å²) in [5.74, 6) is -0.739. The van der Waals surface area contributed by atoms with Gasteiger partial charge in [-0.3, -0.25) is 9.59 Å². The minimum atomic E-state index is -0.663. The van der Waals surface area contributed by atoms with E-state index in [2.05, 4.69) is 18.6 Å². The van der Waals surface area contributed by atoms with E-state index in [0.29, 0.717) is 12.8 Å². The minimum absolute atomic E-state index is 0.0754. The lowest BCUT2D eigenvalue weighted by Crippen LogP contribution is -1.99. The number of rotatable bonds is 16. The number of carbonyl (C=O) groups is 2. The zero-order valence-corrected chi connectivity index (χ0v) is 17.0. The van der Waals surface area contributed by atoms with Crippen LogP contribution in [0.3, 0.4) is 0 Å². The fraction of sp³-hybridized carbons (Fsp3) is 0.905. The molecule has 0 fully saturated rings. The summed E-state index contributed by atoms with van der Waals surface area (Å²) in [7, 11) is 1.45. The summed E-state index contributed by atoms with van der Waals surface area (Å²) in [6.45, 7) is 4.42. The third kappa shape index (κ3) is 28.0. The van der Waals surface area contributed by atoms with Crippen molar-refractivity contribution < 1.29 is 19.4 Å². The quantitative estimate of drug-likeness (QED) is 0.252. The number of carbonyl (C=O) groups excluding carboxylic acids is 1. The summed E-state index contributed by atoms with van der Waals surface area (Å²) in [5.41, 5.74) is 0. The van der Waals surface area contributed by atoms with Gasteiger partial charge in [-0.25, -0.2) is 0 Å². The van der Waals surface area contributed by atoms with Gasteiger partial charge in [0, 0.05) is 12.8 Å². The maximum absolute atomic E-state index is 10.7. The second-order valence-electron chi connectivity index (χ2n) is 6.71. The lowest BCUT2D eigenvalue weighted by molar-refractivity contribution is -0.141. The average molecular weight is 359 g/mol. The van der Waals surface area contributed by atoms with Gasteiger partial charge in [-0.2, -0.15) is 0 Å². The molecule has 0 atom stereocenters. The molecule has 4 heteroatoms. The molecule has 0 aliphatic heterocycles. The summed E-state index contributed by atoms with van der Waals surface area (Å²) < 4.78 is 4.56. The molecule has 0 bridgehead atoms. The van der Waals surface area contributed by atoms with Crippen molar-refractivity contribution in [1.82, 2.24) is 0 Å². The summed E-state index contributed by atoms with van der Waals surface area (Å²) in [6.07, 6.45) is 17.9. The van der Waals surface area contributed by atoms with E-state index in [0.717, 1.165) is 19.3 Å². The monoisotopic (exact) mass is 358 g/mol. The van der Waals surface area contributed by atoms with Crippen LogP contribution in [0.25, 0.3) is 0 Å². The third-order valence-corrected chi connectivity index (χ3v) is 4.21. The molecule has 150 valence electrons. The van der Waals surface area contributed by atoms with Crippen molar-refractivity contribution in [2.75, 3.05) is 7.11 Å². The molecule has 0 aliphatic carbocycles. The Morgan fingerprint density at radius 1 is 0.640 bits per heavy atom. The second-order valence-corrected chi connectivity index (χ2v) is 6.71. The van der Waals surface area contributed by atoms with Crippen molar-refractivity contribution in [3.8, 4) is 0 Å². The Labute approximate surface area is 155 Å². The Kier molecular flexibility index (Phi) is 24.0. The van der Waals surface area contributed by atoms with E-state index < -0.39 is 5.97 Å². The highest BCUT2D eigenvalue weighted by Crippen LogP contribution is 2.09. The van der Waals surface area contributed by atoms with Crippen molar-refractivity contribution >= 4 is 11.9 Å². The van der Waals surface area contributed by atoms with E-state index in [4.69, 9.17) is 5.11 Å². The molecule has 0 radical (unpaired) electrons. The Hall–Kier alpha value is -1.06. The zero-order valence-electron chi connectivity index (χ0n) is 17.0. The van der Waals surface area contributed by atoms with E-state index >= 15 is 0 Å². The number of hydrogen-bond acceptors (Lipinski definition) is 3. The van der Waals surface area contributed by atoms with Gasteiger partial charge in [-0.1, -0.05) is 90.9 Å². The van der Waals surface area contributed by atoms with Crippen molar-refractivity contribution in [3.05, 3.63) is 0 Å². The Morgan fingerprint density at radius 2 is 1.00 bits per heavy atom. The fourth-order valence-corrected chi connectivity index (χ4v) is 2.56. The number of unbranched alkanes of at least 4 members (excludes halogenated alkanes) is 12. The van der Waals surface area contributed by atoms with Crippen LogP contribution in [0.4, 0.5) is 0 Å². The predicted molar refractivity (Wildman–Crippen MR) is 105 cm³/mol. The van der Waals surface area contributed by atoms with Gasteiger partial charge in [-0.05, 0) is 12.8 Å². The third-order valence-electron chi connectivity index (χ3n) is 4.21. The molecule has 0 rings (SSSR count). The molecule has 0 heterocycles. The summed E-state index contributed by atoms with van der Waals surface area (Å²) in [5, 5.41) is 8.35. The van der Waals surface area contributed by atoms with Gasteiger partial charge in [0.25, 0.3) is 0 Å². The summed E-state index contributed by atoms with van der Waals surface area (Å²) in [6, 6.07) is 0. The molecule has 0 unspecified atom stereocenters. The first kappa shape index (κ1) is 26.2. The lowest BCUT2D eigenvalue weighted by atomic mass is 10.1. The van der Waals surface area contributed by atoms with Crippen molar-refractivity contribution in [2.45, 2.75) is 117 Å². The van der Waals surface area contributed by atoms with Crippen LogP contribution < -0.4 is 0 Å². The molecule has 0 saturated heterocycles. The highest BCUT2D eigenvalue weighted by atomic mass is 16.5. The number of aliphatic carboxylic acids is 1. The summed E-state index contributed by atoms with van der Waals surface area (Å²) in [4.78, 5) is 20.9. The van der Waals surface area contributed by atoms with Crippen LogP contribution in [0.15, 0.2) is 0 Å². The van der Waals surface area contributed by atoms with Gasteiger partial charge >= 0.3 is 11.9 Å². The maximum atomic E-state index is 10.7. The summed E-state index contributed by atoms with van der Waals surface area (Å²) >= 11 is 0. The lowest BCUT2D eigenvalue weighted by Gasteiger charge is -2.00. The van der Waals surface area contributed by atoms with E-state index in [1.54, 1.807) is 0 Å². The topological polar surface area (TPSA) is 63.6 Å². The predicted octanol–water partition coefficient (Wildman–Crippen LogP) is 6.51. The maximum Gasteiger partial charge on any atom is 0.305 e. The molecule has 1 N–H and O–H groups in total. The molecule has 0 aromatic rings. The SMILES string of the molecule is CCCCCCCCCC(=O)O.CCCCCCCCCC(=O)OC. The fourth-order valence-electron chi connectivity index (χ4n) is 2.56. The molecule has 0 saturated carbocycles. The minimum Gasteiger partial charge on any atom is -0.481 e. The number of esters is 1. The molecule has 25 heavy (non-hydrogen) atoms. The molecular formula is C21H42O4. The van der Waals surface area contributed by atoms with Crippen LogP contribution in [0.2, 0.25) is 0 Å². The van der Waals surface area contributed by atoms with E-state index in [1.807, 2.05) is 0 Å². The molecular weight excluding hydrogens is 316 g/mol. The Morgan fingerprint density at radius 3 is 1.36 bits per heavy atom. The molecule has 4 nitrogen and oxygen atoms in total. The van der Waals surface area contributed by atoms with Crippen molar-refractivity contribution in [1.29, 1.82) is 0 Å². The molecule has 0 aromatic carbocycles. The van der Waals surface area contributed by atoms with Crippen LogP contribution in [-0.2, 0) is 14.3 Å². The molecule has 0 spiro atoms. The van der Waals surface area contributed by atoms with Gasteiger partial charge in [0.05, 0.1) is 7.11 Å². The Balaban J connectivity index is 0. The molecule has 0 aliphatic rings. The van der Waals surface area contributed by atoms with Gasteiger partial charge in [0.15, 0.2) is 0 Å². The van der Waals surface area contributed by atoms with Gasteiger partial charge in [-0.15, -0.1) is 0 Å². The van der Waals surface area contributed by atoms with Crippen LogP contribution in [0.5, 0.6) is 0 Å². The number of carboxylic acids is 1. The molecule has 0 amide bonds. The van der Waals surface area contributed by atoms with Gasteiger partial charge < -0.3 is 9.84 Å². The van der Waals surface area contributed by atoms with E-state index in [1.165, 1.54) is 77.7 Å². The first-order valence-corrected chi connectivity index (χ1v) is 10.4. The normalized spacial score (nSPS) is 10.0. The Bertz CT molecular complexity index is 290. The van der Waals surface area contributed by atoms with Crippen LogP contribution in [0.1, 0.15) is 117 Å². The van der Waals surface area contributed by atoms with Crippen molar-refractivity contribution in [2.24, 2.45) is 0 Å². The highest BCUT2D eigenvalue weighted by Gasteiger charge is 1.98.